The Bertz CT molecular complexity index is 1380. The van der Waals surface area contributed by atoms with Gasteiger partial charge >= 0.3 is 0 Å². The number of hydrogen-bond donors (Lipinski definition) is 1. The number of methoxy groups -OCH3 is 1. The summed E-state index contributed by atoms with van der Waals surface area (Å²) in [5, 5.41) is 3.86. The number of rotatable bonds is 7. The number of pyridine rings is 1. The molecular formula is C25H19N3O3S2. The van der Waals surface area contributed by atoms with Crippen molar-refractivity contribution in [3.05, 3.63) is 89.6 Å². The highest BCUT2D eigenvalue weighted by molar-refractivity contribution is 7.26. The minimum Gasteiger partial charge on any atom is -0.493 e. The minimum absolute atomic E-state index is 0.183. The Morgan fingerprint density at radius 2 is 1.82 bits per heavy atom. The molecule has 2 aromatic carbocycles. The average molecular weight is 474 g/mol. The molecule has 33 heavy (non-hydrogen) atoms. The molecule has 3 aromatic heterocycles. The van der Waals surface area contributed by atoms with E-state index in [0.29, 0.717) is 28.7 Å². The lowest BCUT2D eigenvalue weighted by molar-refractivity contribution is 0.103. The molecule has 0 atom stereocenters. The lowest BCUT2D eigenvalue weighted by Gasteiger charge is -2.13. The van der Waals surface area contributed by atoms with E-state index in [1.165, 1.54) is 11.3 Å². The van der Waals surface area contributed by atoms with Crippen LogP contribution in [0.2, 0.25) is 0 Å². The van der Waals surface area contributed by atoms with Crippen molar-refractivity contribution >= 4 is 44.5 Å². The summed E-state index contributed by atoms with van der Waals surface area (Å²) in [4.78, 5) is 23.1. The van der Waals surface area contributed by atoms with E-state index in [0.717, 1.165) is 25.7 Å². The van der Waals surface area contributed by atoms with Gasteiger partial charge in [0.1, 0.15) is 11.6 Å². The van der Waals surface area contributed by atoms with Gasteiger partial charge in [0.25, 0.3) is 5.91 Å². The molecule has 0 aliphatic carbocycles. The van der Waals surface area contributed by atoms with E-state index in [9.17, 15) is 4.79 Å². The van der Waals surface area contributed by atoms with Gasteiger partial charge in [-0.3, -0.25) is 9.78 Å². The van der Waals surface area contributed by atoms with Crippen molar-refractivity contribution in [3.8, 4) is 21.4 Å². The Kier molecular flexibility index (Phi) is 6.01. The third-order valence-electron chi connectivity index (χ3n) is 4.90. The van der Waals surface area contributed by atoms with Crippen molar-refractivity contribution < 1.29 is 14.3 Å². The number of ether oxygens (including phenoxy) is 2. The molecule has 0 aliphatic heterocycles. The summed E-state index contributed by atoms with van der Waals surface area (Å²) in [5.74, 6) is 0.961. The van der Waals surface area contributed by atoms with E-state index < -0.39 is 0 Å². The second-order valence-corrected chi connectivity index (χ2v) is 9.23. The van der Waals surface area contributed by atoms with Crippen LogP contribution in [0.3, 0.4) is 0 Å². The monoisotopic (exact) mass is 473 g/mol. The fourth-order valence-electron chi connectivity index (χ4n) is 3.25. The molecule has 1 amide bonds. The zero-order chi connectivity index (χ0) is 22.6. The molecule has 5 rings (SSSR count). The molecule has 0 unspecified atom stereocenters. The molecule has 164 valence electrons. The molecule has 6 nitrogen and oxygen atoms in total. The standard InChI is InChI=1S/C25H19N3O3S2/c1-30-19-7-6-17(14-20(19)31-15-16-10-12-26-13-11-16)27-24(29)22-8-9-23(32-22)25-28-18-4-2-3-5-21(18)33-25/h2-14H,15H2,1H3,(H,27,29). The number of carbonyl (C=O) groups excluding carboxylic acids is 1. The normalized spacial score (nSPS) is 10.8. The summed E-state index contributed by atoms with van der Waals surface area (Å²) in [6, 6.07) is 20.9. The van der Waals surface area contributed by atoms with Crippen LogP contribution < -0.4 is 14.8 Å². The van der Waals surface area contributed by atoms with Crippen LogP contribution in [-0.2, 0) is 6.61 Å². The van der Waals surface area contributed by atoms with Gasteiger partial charge in [0, 0.05) is 24.1 Å². The molecule has 0 aliphatic rings. The first-order chi connectivity index (χ1) is 16.2. The molecule has 5 aromatic rings. The van der Waals surface area contributed by atoms with Gasteiger partial charge in [-0.15, -0.1) is 22.7 Å². The number of fused-ring (bicyclic) bond motifs is 1. The number of carbonyl (C=O) groups is 1. The van der Waals surface area contributed by atoms with Crippen LogP contribution in [0, 0.1) is 0 Å². The second kappa shape index (κ2) is 9.40. The van der Waals surface area contributed by atoms with Crippen molar-refractivity contribution in [1.82, 2.24) is 9.97 Å². The van der Waals surface area contributed by atoms with Gasteiger partial charge < -0.3 is 14.8 Å². The van der Waals surface area contributed by atoms with Crippen LogP contribution in [0.25, 0.3) is 20.1 Å². The van der Waals surface area contributed by atoms with Gasteiger partial charge in [-0.2, -0.15) is 0 Å². The molecule has 1 N–H and O–H groups in total. The summed E-state index contributed by atoms with van der Waals surface area (Å²) < 4.78 is 12.5. The first-order valence-corrected chi connectivity index (χ1v) is 11.8. The lowest BCUT2D eigenvalue weighted by atomic mass is 10.2. The highest BCUT2D eigenvalue weighted by Gasteiger charge is 2.15. The maximum atomic E-state index is 12.9. The van der Waals surface area contributed by atoms with Crippen molar-refractivity contribution in [2.24, 2.45) is 0 Å². The predicted molar refractivity (Wildman–Crippen MR) is 132 cm³/mol. The van der Waals surface area contributed by atoms with E-state index in [2.05, 4.69) is 21.4 Å². The molecule has 0 radical (unpaired) electrons. The van der Waals surface area contributed by atoms with Gasteiger partial charge in [0.15, 0.2) is 11.5 Å². The first kappa shape index (κ1) is 21.1. The summed E-state index contributed by atoms with van der Waals surface area (Å²) in [6.07, 6.45) is 3.44. The van der Waals surface area contributed by atoms with E-state index in [1.54, 1.807) is 49.0 Å². The van der Waals surface area contributed by atoms with E-state index >= 15 is 0 Å². The molecule has 8 heteroatoms. The van der Waals surface area contributed by atoms with Gasteiger partial charge in [-0.1, -0.05) is 12.1 Å². The summed E-state index contributed by atoms with van der Waals surface area (Å²) >= 11 is 3.04. The van der Waals surface area contributed by atoms with Crippen molar-refractivity contribution in [2.75, 3.05) is 12.4 Å². The lowest BCUT2D eigenvalue weighted by Crippen LogP contribution is -2.10. The molecule has 3 heterocycles. The number of anilines is 1. The molecule has 0 saturated heterocycles. The van der Waals surface area contributed by atoms with Gasteiger partial charge in [0.05, 0.1) is 27.1 Å². The van der Waals surface area contributed by atoms with Crippen molar-refractivity contribution in [2.45, 2.75) is 6.61 Å². The quantitative estimate of drug-likeness (QED) is 0.302. The number of nitrogens with one attached hydrogen (secondary N) is 1. The summed E-state index contributed by atoms with van der Waals surface area (Å²) in [5.41, 5.74) is 2.58. The number of para-hydroxylation sites is 1. The number of nitrogens with zero attached hydrogens (tertiary/aromatic N) is 2. The van der Waals surface area contributed by atoms with Crippen LogP contribution in [0.5, 0.6) is 11.5 Å². The summed E-state index contributed by atoms with van der Waals surface area (Å²) in [7, 11) is 1.59. The Labute approximate surface area is 198 Å². The fraction of sp³-hybridized carbons (Fsp3) is 0.0800. The smallest absolute Gasteiger partial charge is 0.265 e. The molecule has 0 fully saturated rings. The van der Waals surface area contributed by atoms with Crippen LogP contribution in [0.15, 0.2) is 79.1 Å². The topological polar surface area (TPSA) is 73.3 Å². The molecule has 0 saturated carbocycles. The number of amides is 1. The minimum atomic E-state index is -0.183. The van der Waals surface area contributed by atoms with Crippen LogP contribution in [0.4, 0.5) is 5.69 Å². The van der Waals surface area contributed by atoms with Crippen LogP contribution >= 0.6 is 22.7 Å². The SMILES string of the molecule is COc1ccc(NC(=O)c2ccc(-c3nc4ccccc4s3)s2)cc1OCc1ccncc1. The summed E-state index contributed by atoms with van der Waals surface area (Å²) in [6.45, 7) is 0.368. The fourth-order valence-corrected chi connectivity index (χ4v) is 5.17. The van der Waals surface area contributed by atoms with Gasteiger partial charge in [0.2, 0.25) is 0 Å². The zero-order valence-electron chi connectivity index (χ0n) is 17.6. The molecule has 0 bridgehead atoms. The number of thiazole rings is 1. The van der Waals surface area contributed by atoms with E-state index in [4.69, 9.17) is 9.47 Å². The molecular weight excluding hydrogens is 454 g/mol. The highest BCUT2D eigenvalue weighted by atomic mass is 32.1. The third kappa shape index (κ3) is 4.72. The van der Waals surface area contributed by atoms with E-state index in [-0.39, 0.29) is 5.91 Å². The van der Waals surface area contributed by atoms with Crippen molar-refractivity contribution in [1.29, 1.82) is 0 Å². The largest absolute Gasteiger partial charge is 0.493 e. The number of aromatic nitrogens is 2. The third-order valence-corrected chi connectivity index (χ3v) is 7.19. The maximum absolute atomic E-state index is 12.9. The van der Waals surface area contributed by atoms with Gasteiger partial charge in [-0.25, -0.2) is 4.98 Å². The van der Waals surface area contributed by atoms with Crippen LogP contribution in [-0.4, -0.2) is 23.0 Å². The number of thiophene rings is 1. The predicted octanol–water partition coefficient (Wildman–Crippen LogP) is 6.26. The van der Waals surface area contributed by atoms with E-state index in [1.807, 2.05) is 42.5 Å². The number of benzene rings is 2. The highest BCUT2D eigenvalue weighted by Crippen LogP contribution is 2.35. The average Bonchev–Trinajstić information content (AvgIpc) is 3.51. The Morgan fingerprint density at radius 3 is 2.64 bits per heavy atom. The number of hydrogen-bond acceptors (Lipinski definition) is 7. The molecule has 0 spiro atoms. The van der Waals surface area contributed by atoms with Crippen molar-refractivity contribution in [3.63, 3.8) is 0 Å². The zero-order valence-corrected chi connectivity index (χ0v) is 19.3. The van der Waals surface area contributed by atoms with Crippen LogP contribution in [0.1, 0.15) is 15.2 Å². The first-order valence-electron chi connectivity index (χ1n) is 10.2. The second-order valence-electron chi connectivity index (χ2n) is 7.11. The Morgan fingerprint density at radius 1 is 0.970 bits per heavy atom. The van der Waals surface area contributed by atoms with Gasteiger partial charge in [-0.05, 0) is 54.1 Å². The maximum Gasteiger partial charge on any atom is 0.265 e. The Hall–Kier alpha value is -3.75. The Balaban J connectivity index is 1.31.